The van der Waals surface area contributed by atoms with Crippen LogP contribution in [0.5, 0.6) is 0 Å². The fraction of sp³-hybridized carbons (Fsp3) is 0.733. The number of phosphoric ester groups is 1. The minimum absolute atomic E-state index is 0.150. The van der Waals surface area contributed by atoms with Crippen molar-refractivity contribution >= 4 is 46.1 Å². The molecule has 21 heteroatoms. The fourth-order valence-electron chi connectivity index (χ4n) is 2.85. The Labute approximate surface area is 219 Å². The van der Waals surface area contributed by atoms with Crippen LogP contribution < -0.4 is 11.2 Å². The van der Waals surface area contributed by atoms with Crippen LogP contribution in [0.25, 0.3) is 0 Å². The van der Waals surface area contributed by atoms with E-state index in [9.17, 15) is 33.3 Å². The van der Waals surface area contributed by atoms with Crippen molar-refractivity contribution in [2.45, 2.75) is 45.6 Å². The molecule has 210 valence electrons. The molecule has 5 atom stereocenters. The van der Waals surface area contributed by atoms with Crippen molar-refractivity contribution in [2.24, 2.45) is 0 Å². The summed E-state index contributed by atoms with van der Waals surface area (Å²) in [6.07, 6.45) is -2.70. The van der Waals surface area contributed by atoms with Gasteiger partial charge in [-0.25, -0.2) is 18.5 Å². The standard InChI is InChI=1S/C9H14IN2O14P3.C6H15N/c10-4-2-12(9(15)11-8(4)14)7-1-5(13)6(24-7)3-23-28(19,20)26-29(21,22)25-27(16,17)18;1-4-7(5-2)6-3/h2,5-7,13H,1,3H2,(H,19,20)(H,21,22)(H,11,14,15)(H2,16,17,18);4-6H2,1-3H3/t5-,6+,7+;/m0./s1. The van der Waals surface area contributed by atoms with Gasteiger partial charge in [0.1, 0.15) is 12.3 Å². The molecule has 0 spiro atoms. The number of rotatable bonds is 11. The highest BCUT2D eigenvalue weighted by Crippen LogP contribution is 2.66. The van der Waals surface area contributed by atoms with E-state index in [-0.39, 0.29) is 9.99 Å². The topological polar surface area (TPSA) is 247 Å². The van der Waals surface area contributed by atoms with E-state index in [4.69, 9.17) is 19.4 Å². The van der Waals surface area contributed by atoms with Crippen molar-refractivity contribution in [1.82, 2.24) is 14.5 Å². The van der Waals surface area contributed by atoms with E-state index in [1.54, 1.807) is 22.6 Å². The Bertz CT molecular complexity index is 1110. The number of aromatic nitrogens is 2. The maximum atomic E-state index is 11.9. The second kappa shape index (κ2) is 14.2. The second-order valence-electron chi connectivity index (χ2n) is 7.08. The van der Waals surface area contributed by atoms with Gasteiger partial charge in [-0.15, -0.1) is 0 Å². The third kappa shape index (κ3) is 11.6. The molecule has 1 fully saturated rings. The van der Waals surface area contributed by atoms with Crippen molar-refractivity contribution in [3.05, 3.63) is 30.6 Å². The summed E-state index contributed by atoms with van der Waals surface area (Å²) < 4.78 is 51.4. The normalized spacial score (nSPS) is 23.6. The van der Waals surface area contributed by atoms with E-state index >= 15 is 0 Å². The van der Waals surface area contributed by atoms with Gasteiger partial charge in [-0.05, 0) is 42.2 Å². The predicted octanol–water partition coefficient (Wildman–Crippen LogP) is 0.481. The molecule has 1 aliphatic rings. The molecule has 2 unspecified atom stereocenters. The summed E-state index contributed by atoms with van der Waals surface area (Å²) in [6.45, 7) is 9.25. The number of halogens is 1. The number of hydrogen-bond acceptors (Lipinski definition) is 11. The zero-order valence-corrected chi connectivity index (χ0v) is 24.2. The number of aliphatic hydroxyl groups is 1. The van der Waals surface area contributed by atoms with Gasteiger partial charge >= 0.3 is 29.2 Å². The number of aliphatic hydroxyl groups excluding tert-OH is 1. The summed E-state index contributed by atoms with van der Waals surface area (Å²) in [4.78, 5) is 63.0. The van der Waals surface area contributed by atoms with Gasteiger partial charge in [-0.1, -0.05) is 20.8 Å². The molecule has 6 N–H and O–H groups in total. The van der Waals surface area contributed by atoms with E-state index in [0.717, 1.165) is 4.57 Å². The minimum atomic E-state index is -5.67. The predicted molar refractivity (Wildman–Crippen MR) is 132 cm³/mol. The molecular formula is C15H29IN3O14P3. The average molecular weight is 695 g/mol. The molecule has 1 aliphatic heterocycles. The molecule has 17 nitrogen and oxygen atoms in total. The van der Waals surface area contributed by atoms with Crippen LogP contribution in [0.3, 0.4) is 0 Å². The largest absolute Gasteiger partial charge is 0.490 e. The van der Waals surface area contributed by atoms with Gasteiger partial charge < -0.3 is 34.3 Å². The smallest absolute Gasteiger partial charge is 0.390 e. The van der Waals surface area contributed by atoms with Crippen LogP contribution in [0.1, 0.15) is 33.4 Å². The Morgan fingerprint density at radius 1 is 1.08 bits per heavy atom. The molecule has 2 rings (SSSR count). The maximum Gasteiger partial charge on any atom is 0.490 e. The van der Waals surface area contributed by atoms with Crippen molar-refractivity contribution in [1.29, 1.82) is 0 Å². The highest BCUT2D eigenvalue weighted by Gasteiger charge is 2.43. The van der Waals surface area contributed by atoms with Gasteiger partial charge in [-0.3, -0.25) is 18.9 Å². The summed E-state index contributed by atoms with van der Waals surface area (Å²) in [5, 5.41) is 9.98. The van der Waals surface area contributed by atoms with E-state index in [1.807, 2.05) is 4.98 Å². The Morgan fingerprint density at radius 3 is 2.11 bits per heavy atom. The second-order valence-corrected chi connectivity index (χ2v) is 12.7. The van der Waals surface area contributed by atoms with Crippen molar-refractivity contribution in [3.8, 4) is 0 Å². The number of hydrogen-bond donors (Lipinski definition) is 6. The quantitative estimate of drug-likeness (QED) is 0.136. The molecule has 1 aromatic heterocycles. The molecule has 0 aromatic carbocycles. The van der Waals surface area contributed by atoms with Crippen LogP contribution in [0.15, 0.2) is 15.8 Å². The Balaban J connectivity index is 0.000000809. The molecule has 0 aliphatic carbocycles. The van der Waals surface area contributed by atoms with Crippen LogP contribution in [0.4, 0.5) is 0 Å². The zero-order valence-electron chi connectivity index (χ0n) is 19.4. The summed E-state index contributed by atoms with van der Waals surface area (Å²) in [5.74, 6) is 0. The van der Waals surface area contributed by atoms with Gasteiger partial charge in [0, 0.05) is 12.6 Å². The van der Waals surface area contributed by atoms with Crippen molar-refractivity contribution in [3.63, 3.8) is 0 Å². The molecule has 1 saturated heterocycles. The first kappa shape index (κ1) is 33.7. The van der Waals surface area contributed by atoms with Crippen LogP contribution in [-0.4, -0.2) is 77.6 Å². The van der Waals surface area contributed by atoms with Gasteiger partial charge in [0.15, 0.2) is 0 Å². The Kier molecular flexibility index (Phi) is 13.3. The van der Waals surface area contributed by atoms with Gasteiger partial charge in [0.05, 0.1) is 16.3 Å². The number of nitrogens with zero attached hydrogens (tertiary/aromatic N) is 2. The Morgan fingerprint density at radius 2 is 1.64 bits per heavy atom. The van der Waals surface area contributed by atoms with Crippen molar-refractivity contribution in [2.75, 3.05) is 26.2 Å². The maximum absolute atomic E-state index is 11.9. The summed E-state index contributed by atoms with van der Waals surface area (Å²) in [6, 6.07) is 0. The summed E-state index contributed by atoms with van der Waals surface area (Å²) in [7, 11) is -16.6. The van der Waals surface area contributed by atoms with E-state index in [1.165, 1.54) is 25.8 Å². The SMILES string of the molecule is CCN(CC)CC.O=c1[nH]c(=O)n([C@H]2C[C@H](O)[C@@H](COP(=O)(O)OP(=O)(O)OP(=O)(O)O)O2)cc1I. The molecule has 36 heavy (non-hydrogen) atoms. The molecular weight excluding hydrogens is 666 g/mol. The molecule has 0 saturated carbocycles. The number of phosphoric acid groups is 3. The lowest BCUT2D eigenvalue weighted by atomic mass is 10.2. The number of ether oxygens (including phenoxy) is 1. The number of H-pyrrole nitrogens is 1. The first-order valence-electron chi connectivity index (χ1n) is 10.3. The lowest BCUT2D eigenvalue weighted by Crippen LogP contribution is -2.33. The highest BCUT2D eigenvalue weighted by molar-refractivity contribution is 14.1. The monoisotopic (exact) mass is 695 g/mol. The molecule has 1 aromatic rings. The fourth-order valence-corrected chi connectivity index (χ4v) is 6.32. The van der Waals surface area contributed by atoms with Gasteiger partial charge in [-0.2, -0.15) is 8.62 Å². The summed E-state index contributed by atoms with van der Waals surface area (Å²) in [5.41, 5.74) is -1.46. The van der Waals surface area contributed by atoms with Crippen LogP contribution in [0.2, 0.25) is 0 Å². The zero-order chi connectivity index (χ0) is 27.9. The van der Waals surface area contributed by atoms with Crippen LogP contribution in [0, 0.1) is 3.57 Å². The van der Waals surface area contributed by atoms with Crippen LogP contribution in [-0.2, 0) is 31.6 Å². The van der Waals surface area contributed by atoms with Crippen molar-refractivity contribution < 1.29 is 56.3 Å². The van der Waals surface area contributed by atoms with Crippen LogP contribution >= 0.6 is 46.1 Å². The number of aromatic amines is 1. The first-order chi connectivity index (χ1) is 16.4. The lowest BCUT2D eigenvalue weighted by Gasteiger charge is -2.19. The van der Waals surface area contributed by atoms with Gasteiger partial charge in [0.2, 0.25) is 0 Å². The molecule has 0 bridgehead atoms. The molecule has 0 amide bonds. The third-order valence-corrected chi connectivity index (χ3v) is 9.17. The minimum Gasteiger partial charge on any atom is -0.390 e. The molecule has 2 heterocycles. The number of nitrogens with one attached hydrogen (secondary N) is 1. The average Bonchev–Trinajstić information content (AvgIpc) is 3.09. The lowest BCUT2D eigenvalue weighted by molar-refractivity contribution is -0.0450. The van der Waals surface area contributed by atoms with E-state index in [2.05, 4.69) is 38.8 Å². The van der Waals surface area contributed by atoms with Gasteiger partial charge in [0.25, 0.3) is 5.56 Å². The van der Waals surface area contributed by atoms with E-state index < -0.39 is 59.8 Å². The van der Waals surface area contributed by atoms with E-state index in [0.29, 0.717) is 0 Å². The summed E-state index contributed by atoms with van der Waals surface area (Å²) >= 11 is 1.66. The Hall–Kier alpha value is -0.300. The highest BCUT2D eigenvalue weighted by atomic mass is 127. The first-order valence-corrected chi connectivity index (χ1v) is 15.9. The third-order valence-electron chi connectivity index (χ3n) is 4.60. The molecule has 0 radical (unpaired) electrons.